The summed E-state index contributed by atoms with van der Waals surface area (Å²) in [7, 11) is 5.86. The molecular formula is C82H96Cl2N18O6. The lowest BCUT2D eigenvalue weighted by atomic mass is 9.89. The van der Waals surface area contributed by atoms with Gasteiger partial charge in [0.1, 0.15) is 0 Å². The molecule has 1 unspecified atom stereocenters. The fourth-order valence-corrected chi connectivity index (χ4v) is 15.7. The minimum absolute atomic E-state index is 0.0486. The van der Waals surface area contributed by atoms with Gasteiger partial charge in [0.25, 0.3) is 0 Å². The first-order valence-corrected chi connectivity index (χ1v) is 37.7. The van der Waals surface area contributed by atoms with Gasteiger partial charge in [-0.3, -0.25) is 29.7 Å². The summed E-state index contributed by atoms with van der Waals surface area (Å²) < 4.78 is 22.1. The van der Waals surface area contributed by atoms with Crippen molar-refractivity contribution in [2.24, 2.45) is 38.3 Å². The molecule has 3 saturated heterocycles. The van der Waals surface area contributed by atoms with E-state index in [1.54, 1.807) is 46.1 Å². The van der Waals surface area contributed by atoms with Gasteiger partial charge < -0.3 is 59.8 Å². The number of piperazine rings is 3. The van der Waals surface area contributed by atoms with Crippen LogP contribution in [-0.2, 0) is 35.4 Å². The Kier molecular flexibility index (Phi) is 23.5. The Morgan fingerprint density at radius 1 is 0.417 bits per heavy atom. The SMILES string of the molecule is CC(C)OC(=O)N1CCN([C@H]2c3ccc(Cl)cc3C(C(N)c3cncn3C)=Cc3cccnc32)CC1.CC(C)OC(=O)N1CCN([C@H]2c3ccc(Cl)cc3C([C@@H](N)c3cncn3C)=Cc3cccnc32)CC1.Cc1ccc2c(c1)C([C@H](N)c1cncn1C)=Cc1cccnc1[C@H]2N1CCN(C(=O)OC(C)C)CC1. The summed E-state index contributed by atoms with van der Waals surface area (Å²) in [5.74, 6) is 0. The fraction of sp³-hybridized carbons (Fsp3) is 0.378. The van der Waals surface area contributed by atoms with E-state index >= 15 is 0 Å². The number of carbonyl (C=O) groups excluding carboxylic acids is 3. The number of rotatable bonds is 12. The number of hydrogen-bond donors (Lipinski definition) is 3. The molecule has 3 aliphatic heterocycles. The number of pyridine rings is 3. The van der Waals surface area contributed by atoms with Gasteiger partial charge in [-0.2, -0.15) is 0 Å². The Bertz CT molecular complexity index is 4350. The predicted molar refractivity (Wildman–Crippen MR) is 421 cm³/mol. The summed E-state index contributed by atoms with van der Waals surface area (Å²) >= 11 is 13.0. The first-order chi connectivity index (χ1) is 52.0. The Morgan fingerprint density at radius 3 is 0.981 bits per heavy atom. The first-order valence-electron chi connectivity index (χ1n) is 36.9. The largest absolute Gasteiger partial charge is 0.447 e. The number of fused-ring (bicyclic) bond motifs is 6. The quantitative estimate of drug-likeness (QED) is 0.0959. The maximum Gasteiger partial charge on any atom is 0.410 e. The number of nitrogens with zero attached hydrogens (tertiary/aromatic N) is 15. The average molecular weight is 1500 g/mol. The van der Waals surface area contributed by atoms with Gasteiger partial charge in [-0.25, -0.2) is 29.3 Å². The van der Waals surface area contributed by atoms with E-state index in [0.29, 0.717) is 75.5 Å². The van der Waals surface area contributed by atoms with Crippen molar-refractivity contribution in [3.05, 3.63) is 247 Å². The molecule has 15 rings (SSSR count). The van der Waals surface area contributed by atoms with Crippen LogP contribution >= 0.6 is 23.2 Å². The molecule has 6 N–H and O–H groups in total. The van der Waals surface area contributed by atoms with Gasteiger partial charge in [-0.05, 0) is 176 Å². The molecule has 3 aliphatic carbocycles. The lowest BCUT2D eigenvalue weighted by Gasteiger charge is -2.39. The highest BCUT2D eigenvalue weighted by atomic mass is 35.5. The van der Waals surface area contributed by atoms with E-state index in [1.165, 1.54) is 11.1 Å². The number of ether oxygens (including phenoxy) is 3. The van der Waals surface area contributed by atoms with Crippen LogP contribution < -0.4 is 17.2 Å². The molecule has 6 atom stereocenters. The van der Waals surface area contributed by atoms with Crippen molar-refractivity contribution in [3.63, 3.8) is 0 Å². The highest BCUT2D eigenvalue weighted by molar-refractivity contribution is 6.31. The van der Waals surface area contributed by atoms with E-state index in [1.807, 2.05) is 144 Å². The first kappa shape index (κ1) is 76.3. The Hall–Kier alpha value is -9.89. The van der Waals surface area contributed by atoms with Crippen LogP contribution in [0, 0.1) is 6.92 Å². The molecular weight excluding hydrogens is 1400 g/mol. The van der Waals surface area contributed by atoms with E-state index in [0.717, 1.165) is 108 Å². The van der Waals surface area contributed by atoms with E-state index in [-0.39, 0.29) is 60.8 Å². The second kappa shape index (κ2) is 33.3. The summed E-state index contributed by atoms with van der Waals surface area (Å²) in [6.45, 7) is 21.1. The monoisotopic (exact) mass is 1500 g/mol. The third-order valence-corrected chi connectivity index (χ3v) is 21.2. The van der Waals surface area contributed by atoms with Crippen LogP contribution in [0.5, 0.6) is 0 Å². The summed E-state index contributed by atoms with van der Waals surface area (Å²) in [5, 5.41) is 1.30. The lowest BCUT2D eigenvalue weighted by molar-refractivity contribution is 0.0506. The molecule has 564 valence electrons. The zero-order chi connectivity index (χ0) is 76.2. The Morgan fingerprint density at radius 2 is 0.704 bits per heavy atom. The van der Waals surface area contributed by atoms with E-state index in [2.05, 4.69) is 103 Å². The number of aryl methyl sites for hydroxylation is 4. The van der Waals surface area contributed by atoms with Crippen molar-refractivity contribution >= 4 is 76.4 Å². The molecule has 26 heteroatoms. The van der Waals surface area contributed by atoms with E-state index < -0.39 is 12.1 Å². The second-order valence-electron chi connectivity index (χ2n) is 29.1. The molecule has 9 aromatic rings. The molecule has 3 amide bonds. The number of benzene rings is 3. The smallest absolute Gasteiger partial charge is 0.410 e. The van der Waals surface area contributed by atoms with Crippen LogP contribution in [0.25, 0.3) is 34.9 Å². The Balaban J connectivity index is 0.000000143. The number of hydrogen-bond acceptors (Lipinski definition) is 18. The van der Waals surface area contributed by atoms with Crippen molar-refractivity contribution < 1.29 is 28.6 Å². The van der Waals surface area contributed by atoms with E-state index in [4.69, 9.17) is 69.6 Å². The van der Waals surface area contributed by atoms with Gasteiger partial charge >= 0.3 is 18.3 Å². The Labute approximate surface area is 641 Å². The standard InChI is InChI=1S/C28H34N6O2.2C27H31ClN6O2/c1-18(2)36-28(35)34-12-10-33(11-13-34)27-21-8-7-19(3)14-22(21)23(15-20-6-5-9-31-26(20)27)25(29)24-16-30-17-32(24)4;2*1-17(2)36-27(35)34-11-9-33(10-12-34)26-20-7-6-19(28)14-21(20)22(13-18-5-4-8-31-25(18)26)24(29)23-15-30-16-32(23)3/h5-9,14-18,25,27H,10-13,29H2,1-4H3;2*4-8,13-17,24,26H,9-12,29H2,1-3H3/t25-,27-;24?,26-;24-,26+/m001/s1. The predicted octanol–water partition coefficient (Wildman–Crippen LogP) is 12.5. The molecule has 9 heterocycles. The molecule has 0 spiro atoms. The molecule has 3 aromatic carbocycles. The molecule has 0 saturated carbocycles. The molecule has 6 aromatic heterocycles. The maximum atomic E-state index is 12.5. The van der Waals surface area contributed by atoms with Crippen LogP contribution in [0.15, 0.2) is 147 Å². The van der Waals surface area contributed by atoms with Crippen LogP contribution in [-0.4, -0.2) is 188 Å². The number of imidazole rings is 3. The summed E-state index contributed by atoms with van der Waals surface area (Å²) in [4.78, 5) is 77.3. The third-order valence-electron chi connectivity index (χ3n) is 20.7. The maximum absolute atomic E-state index is 12.5. The topological polar surface area (TPSA) is 269 Å². The number of carbonyl (C=O) groups is 3. The van der Waals surface area contributed by atoms with Gasteiger partial charge in [-0.1, -0.05) is 77.3 Å². The van der Waals surface area contributed by atoms with Crippen LogP contribution in [0.2, 0.25) is 10.0 Å². The average Bonchev–Trinajstić information content (AvgIpc) is 0.903. The van der Waals surface area contributed by atoms with Crippen molar-refractivity contribution in [2.75, 3.05) is 78.5 Å². The van der Waals surface area contributed by atoms with Crippen LogP contribution in [0.3, 0.4) is 0 Å². The number of aromatic nitrogens is 9. The van der Waals surface area contributed by atoms with Gasteiger partial charge in [0, 0.05) is 128 Å². The van der Waals surface area contributed by atoms with Crippen molar-refractivity contribution in [3.8, 4) is 0 Å². The summed E-state index contributed by atoms with van der Waals surface area (Å²) in [6, 6.07) is 29.3. The minimum Gasteiger partial charge on any atom is -0.447 e. The lowest BCUT2D eigenvalue weighted by Crippen LogP contribution is -2.50. The minimum atomic E-state index is -0.399. The van der Waals surface area contributed by atoms with Crippen LogP contribution in [0.4, 0.5) is 14.4 Å². The van der Waals surface area contributed by atoms with Gasteiger partial charge in [0.15, 0.2) is 0 Å². The van der Waals surface area contributed by atoms with Crippen molar-refractivity contribution in [2.45, 2.75) is 103 Å². The highest BCUT2D eigenvalue weighted by Crippen LogP contribution is 2.47. The van der Waals surface area contributed by atoms with Gasteiger partial charge in [0.05, 0.1) is 126 Å². The highest BCUT2D eigenvalue weighted by Gasteiger charge is 2.40. The number of halogens is 2. The van der Waals surface area contributed by atoms with Crippen molar-refractivity contribution in [1.82, 2.24) is 73.0 Å². The molecule has 0 bridgehead atoms. The van der Waals surface area contributed by atoms with Crippen molar-refractivity contribution in [1.29, 1.82) is 0 Å². The zero-order valence-electron chi connectivity index (χ0n) is 62.9. The zero-order valence-corrected chi connectivity index (χ0v) is 64.4. The van der Waals surface area contributed by atoms with E-state index in [9.17, 15) is 14.4 Å². The summed E-state index contributed by atoms with van der Waals surface area (Å²) in [6.07, 6.45) is 21.5. The number of amides is 3. The van der Waals surface area contributed by atoms with Gasteiger partial charge in [-0.15, -0.1) is 0 Å². The molecule has 108 heavy (non-hydrogen) atoms. The normalized spacial score (nSPS) is 18.8. The molecule has 6 aliphatic rings. The van der Waals surface area contributed by atoms with Crippen LogP contribution in [0.1, 0.15) is 168 Å². The van der Waals surface area contributed by atoms with Gasteiger partial charge in [0.2, 0.25) is 0 Å². The number of nitrogens with two attached hydrogens (primary N) is 3. The molecule has 24 nitrogen and oxygen atoms in total. The second-order valence-corrected chi connectivity index (χ2v) is 30.0. The molecule has 0 radical (unpaired) electrons. The third kappa shape index (κ3) is 16.4. The molecule has 3 fully saturated rings. The fourth-order valence-electron chi connectivity index (χ4n) is 15.4. The summed E-state index contributed by atoms with van der Waals surface area (Å²) in [5.41, 5.74) is 40.1.